The van der Waals surface area contributed by atoms with Crippen LogP contribution in [-0.2, 0) is 4.74 Å². The molecule has 0 unspecified atom stereocenters. The van der Waals surface area contributed by atoms with Crippen molar-refractivity contribution >= 4 is 11.7 Å². The Kier molecular flexibility index (Phi) is 5.17. The summed E-state index contributed by atoms with van der Waals surface area (Å²) in [6, 6.07) is 0.202. The molecule has 0 bridgehead atoms. The topological polar surface area (TPSA) is 91.6 Å². The van der Waals surface area contributed by atoms with Crippen molar-refractivity contribution in [3.63, 3.8) is 0 Å². The average Bonchev–Trinajstić information content (AvgIpc) is 2.36. The molecule has 0 radical (unpaired) electrons. The minimum atomic E-state index is -5.39. The van der Waals surface area contributed by atoms with Gasteiger partial charge in [-0.1, -0.05) is 0 Å². The summed E-state index contributed by atoms with van der Waals surface area (Å²) in [7, 11) is 0. The number of hydrogen-bond donors (Lipinski definition) is 0. The Hall–Kier alpha value is -2.53. The quantitative estimate of drug-likeness (QED) is 0.357. The number of halogens is 5. The Balaban J connectivity index is 3.50. The van der Waals surface area contributed by atoms with Crippen LogP contribution >= 0.6 is 0 Å². The Bertz CT molecular complexity index is 590. The molecule has 0 amide bonds. The predicted molar refractivity (Wildman–Crippen MR) is 58.5 cm³/mol. The minimum Gasteiger partial charge on any atom is -0.462 e. The highest BCUT2D eigenvalue weighted by Crippen LogP contribution is 2.34. The van der Waals surface area contributed by atoms with Crippen LogP contribution in [0.15, 0.2) is 6.07 Å². The second kappa shape index (κ2) is 6.49. The van der Waals surface area contributed by atoms with Gasteiger partial charge in [-0.15, -0.1) is 13.2 Å². The molecule has 0 aliphatic rings. The first-order chi connectivity index (χ1) is 10.1. The van der Waals surface area contributed by atoms with Crippen LogP contribution in [0.4, 0.5) is 27.6 Å². The van der Waals surface area contributed by atoms with Gasteiger partial charge in [-0.05, 0) is 6.92 Å². The summed E-state index contributed by atoms with van der Waals surface area (Å²) in [5.41, 5.74) is -3.83. The van der Waals surface area contributed by atoms with Gasteiger partial charge in [-0.25, -0.2) is 18.6 Å². The van der Waals surface area contributed by atoms with Crippen LogP contribution in [0, 0.1) is 10.1 Å². The molecule has 122 valence electrons. The molecular weight excluding hydrogens is 323 g/mol. The Morgan fingerprint density at radius 1 is 1.45 bits per heavy atom. The first-order valence-corrected chi connectivity index (χ1v) is 5.47. The molecule has 12 heteroatoms. The number of nitrogens with zero attached hydrogens (tertiary/aromatic N) is 2. The van der Waals surface area contributed by atoms with Crippen molar-refractivity contribution in [3.8, 4) is 5.88 Å². The lowest BCUT2D eigenvalue weighted by Crippen LogP contribution is -2.20. The summed E-state index contributed by atoms with van der Waals surface area (Å²) >= 11 is 0. The van der Waals surface area contributed by atoms with Gasteiger partial charge in [0.1, 0.15) is 5.69 Å². The first kappa shape index (κ1) is 17.5. The van der Waals surface area contributed by atoms with Crippen LogP contribution in [0.2, 0.25) is 0 Å². The molecule has 0 aliphatic heterocycles. The van der Waals surface area contributed by atoms with Crippen molar-refractivity contribution in [1.82, 2.24) is 4.98 Å². The molecule has 0 aromatic carbocycles. The molecule has 1 aromatic heterocycles. The lowest BCUT2D eigenvalue weighted by atomic mass is 10.2. The van der Waals surface area contributed by atoms with Gasteiger partial charge in [0.25, 0.3) is 6.43 Å². The van der Waals surface area contributed by atoms with Gasteiger partial charge in [0.2, 0.25) is 0 Å². The number of pyridine rings is 1. The molecule has 0 aliphatic carbocycles. The van der Waals surface area contributed by atoms with E-state index in [0.29, 0.717) is 0 Å². The summed E-state index contributed by atoms with van der Waals surface area (Å²) in [5, 5.41) is 10.7. The third-order valence-electron chi connectivity index (χ3n) is 2.11. The van der Waals surface area contributed by atoms with Crippen molar-refractivity contribution in [2.24, 2.45) is 0 Å². The smallest absolute Gasteiger partial charge is 0.462 e. The van der Waals surface area contributed by atoms with Gasteiger partial charge < -0.3 is 9.47 Å². The number of aromatic nitrogens is 1. The maximum Gasteiger partial charge on any atom is 0.574 e. The van der Waals surface area contributed by atoms with E-state index in [4.69, 9.17) is 0 Å². The largest absolute Gasteiger partial charge is 0.574 e. The van der Waals surface area contributed by atoms with E-state index in [2.05, 4.69) is 14.5 Å². The van der Waals surface area contributed by atoms with Gasteiger partial charge >= 0.3 is 23.9 Å². The Labute approximate surface area is 118 Å². The summed E-state index contributed by atoms with van der Waals surface area (Å²) in [6.45, 7) is 1.10. The van der Waals surface area contributed by atoms with Crippen LogP contribution in [0.3, 0.4) is 0 Å². The second-order valence-corrected chi connectivity index (χ2v) is 3.57. The summed E-state index contributed by atoms with van der Waals surface area (Å²) in [4.78, 5) is 23.6. The molecule has 0 spiro atoms. The standard InChI is InChI=1S/C10H7F5N2O5/c1-2-21-9(18)4-3-5(17(19)20)8(22-10(13,14)15)16-6(4)7(11)12/h3,7H,2H2,1H3. The van der Waals surface area contributed by atoms with Gasteiger partial charge in [-0.3, -0.25) is 10.1 Å². The number of ether oxygens (including phenoxy) is 2. The zero-order valence-electron chi connectivity index (χ0n) is 10.7. The molecule has 1 rings (SSSR count). The van der Waals surface area contributed by atoms with Crippen molar-refractivity contribution in [2.75, 3.05) is 6.61 Å². The number of hydrogen-bond acceptors (Lipinski definition) is 6. The normalized spacial score (nSPS) is 11.4. The fourth-order valence-corrected chi connectivity index (χ4v) is 1.35. The number of nitro groups is 1. The van der Waals surface area contributed by atoms with Crippen LogP contribution in [0.25, 0.3) is 0 Å². The van der Waals surface area contributed by atoms with Crippen molar-refractivity contribution in [3.05, 3.63) is 27.4 Å². The highest BCUT2D eigenvalue weighted by atomic mass is 19.4. The maximum absolute atomic E-state index is 12.8. The van der Waals surface area contributed by atoms with Gasteiger partial charge in [-0.2, -0.15) is 0 Å². The molecule has 0 saturated heterocycles. The molecule has 1 heterocycles. The van der Waals surface area contributed by atoms with Gasteiger partial charge in [0.15, 0.2) is 0 Å². The van der Waals surface area contributed by atoms with Crippen LogP contribution in [0.1, 0.15) is 29.4 Å². The van der Waals surface area contributed by atoms with E-state index < -0.39 is 46.5 Å². The lowest BCUT2D eigenvalue weighted by molar-refractivity contribution is -0.389. The van der Waals surface area contributed by atoms with Crippen molar-refractivity contribution < 1.29 is 41.1 Å². The monoisotopic (exact) mass is 330 g/mol. The fourth-order valence-electron chi connectivity index (χ4n) is 1.35. The molecule has 7 nitrogen and oxygen atoms in total. The molecule has 22 heavy (non-hydrogen) atoms. The number of rotatable bonds is 5. The summed E-state index contributed by atoms with van der Waals surface area (Å²) in [6.07, 6.45) is -8.86. The SMILES string of the molecule is CCOC(=O)c1cc([N+](=O)[O-])c(OC(F)(F)F)nc1C(F)F. The average molecular weight is 330 g/mol. The van der Waals surface area contributed by atoms with E-state index >= 15 is 0 Å². The van der Waals surface area contributed by atoms with E-state index in [0.717, 1.165) is 0 Å². The van der Waals surface area contributed by atoms with Crippen LogP contribution < -0.4 is 4.74 Å². The predicted octanol–water partition coefficient (Wildman–Crippen LogP) is 3.00. The molecular formula is C10H7F5N2O5. The number of carbonyl (C=O) groups excluding carboxylic acids is 1. The lowest BCUT2D eigenvalue weighted by Gasteiger charge is -2.12. The second-order valence-electron chi connectivity index (χ2n) is 3.57. The van der Waals surface area contributed by atoms with E-state index in [1.807, 2.05) is 0 Å². The highest BCUT2D eigenvalue weighted by Gasteiger charge is 2.38. The van der Waals surface area contributed by atoms with E-state index in [9.17, 15) is 36.9 Å². The molecule has 1 aromatic rings. The maximum atomic E-state index is 12.8. The summed E-state index contributed by atoms with van der Waals surface area (Å²) in [5.74, 6) is -3.08. The number of alkyl halides is 5. The van der Waals surface area contributed by atoms with E-state index in [1.54, 1.807) is 0 Å². The van der Waals surface area contributed by atoms with E-state index in [1.165, 1.54) is 6.92 Å². The highest BCUT2D eigenvalue weighted by molar-refractivity contribution is 5.91. The Morgan fingerprint density at radius 3 is 2.45 bits per heavy atom. The fraction of sp³-hybridized carbons (Fsp3) is 0.400. The number of carbonyl (C=O) groups is 1. The zero-order chi connectivity index (χ0) is 17.1. The van der Waals surface area contributed by atoms with Gasteiger partial charge in [0.05, 0.1) is 17.1 Å². The van der Waals surface area contributed by atoms with Crippen LogP contribution in [-0.4, -0.2) is 28.8 Å². The van der Waals surface area contributed by atoms with Gasteiger partial charge in [0, 0.05) is 6.07 Å². The Morgan fingerprint density at radius 2 is 2.05 bits per heavy atom. The van der Waals surface area contributed by atoms with E-state index in [-0.39, 0.29) is 12.7 Å². The van der Waals surface area contributed by atoms with Crippen molar-refractivity contribution in [1.29, 1.82) is 0 Å². The summed E-state index contributed by atoms with van der Waals surface area (Å²) < 4.78 is 69.6. The third kappa shape index (κ3) is 4.23. The molecule has 0 atom stereocenters. The zero-order valence-corrected chi connectivity index (χ0v) is 10.7. The van der Waals surface area contributed by atoms with Crippen molar-refractivity contribution in [2.45, 2.75) is 19.7 Å². The number of esters is 1. The third-order valence-corrected chi connectivity index (χ3v) is 2.11. The first-order valence-electron chi connectivity index (χ1n) is 5.47. The molecule has 0 fully saturated rings. The minimum absolute atomic E-state index is 0.202. The van der Waals surface area contributed by atoms with Crippen LogP contribution in [0.5, 0.6) is 5.88 Å². The molecule has 0 N–H and O–H groups in total. The molecule has 0 saturated carbocycles.